The van der Waals surface area contributed by atoms with Crippen LogP contribution in [-0.2, 0) is 4.79 Å². The Morgan fingerprint density at radius 3 is 2.05 bits per heavy atom. The Morgan fingerprint density at radius 2 is 1.60 bits per heavy atom. The maximum absolute atomic E-state index is 11.9. The molecule has 0 unspecified atom stereocenters. The summed E-state index contributed by atoms with van der Waals surface area (Å²) in [5.74, 6) is -0.383. The Bertz CT molecular complexity index is 352. The Balaban J connectivity index is 2.31. The number of rotatable bonds is 3. The fraction of sp³-hybridized carbons (Fsp3) is 0.818. The zero-order chi connectivity index (χ0) is 15.3. The third-order valence-corrected chi connectivity index (χ3v) is 2.89. The first-order valence-electron chi connectivity index (χ1n) is 6.22. The average molecular weight is 296 g/mol. The molecule has 0 aromatic heterocycles. The lowest BCUT2D eigenvalue weighted by molar-refractivity contribution is -0.135. The molecule has 0 atom stereocenters. The SMILES string of the molecule is CN(C)C(=O)N1CCN(C(=O)CNCC(F)(F)F)CC1. The van der Waals surface area contributed by atoms with Gasteiger partial charge in [-0.05, 0) is 0 Å². The van der Waals surface area contributed by atoms with Gasteiger partial charge in [0, 0.05) is 40.3 Å². The number of hydrogen-bond donors (Lipinski definition) is 1. The third kappa shape index (κ3) is 5.24. The lowest BCUT2D eigenvalue weighted by Gasteiger charge is -2.36. The van der Waals surface area contributed by atoms with Gasteiger partial charge in [0.2, 0.25) is 5.91 Å². The highest BCUT2D eigenvalue weighted by Gasteiger charge is 2.28. The number of alkyl halides is 3. The van der Waals surface area contributed by atoms with Gasteiger partial charge in [0.1, 0.15) is 0 Å². The first-order valence-corrected chi connectivity index (χ1v) is 6.22. The van der Waals surface area contributed by atoms with Gasteiger partial charge in [-0.2, -0.15) is 13.2 Å². The highest BCUT2D eigenvalue weighted by molar-refractivity contribution is 5.79. The topological polar surface area (TPSA) is 55.9 Å². The normalized spacial score (nSPS) is 16.2. The Morgan fingerprint density at radius 1 is 1.10 bits per heavy atom. The smallest absolute Gasteiger partial charge is 0.338 e. The van der Waals surface area contributed by atoms with Crippen molar-refractivity contribution in [2.75, 3.05) is 53.4 Å². The van der Waals surface area contributed by atoms with Crippen molar-refractivity contribution < 1.29 is 22.8 Å². The van der Waals surface area contributed by atoms with Crippen LogP contribution in [0.2, 0.25) is 0 Å². The molecule has 1 heterocycles. The van der Waals surface area contributed by atoms with E-state index in [2.05, 4.69) is 5.32 Å². The molecule has 1 aliphatic heterocycles. The van der Waals surface area contributed by atoms with Gasteiger partial charge in [0.15, 0.2) is 0 Å². The molecule has 20 heavy (non-hydrogen) atoms. The van der Waals surface area contributed by atoms with Gasteiger partial charge in [-0.25, -0.2) is 4.79 Å². The van der Waals surface area contributed by atoms with Gasteiger partial charge in [0.25, 0.3) is 0 Å². The van der Waals surface area contributed by atoms with Crippen LogP contribution in [0.1, 0.15) is 0 Å². The van der Waals surface area contributed by atoms with Crippen molar-refractivity contribution in [3.05, 3.63) is 0 Å². The molecule has 0 saturated carbocycles. The highest BCUT2D eigenvalue weighted by Crippen LogP contribution is 2.12. The standard InChI is InChI=1S/C11H19F3N4O2/c1-16(2)10(20)18-5-3-17(4-6-18)9(19)7-15-8-11(12,13)14/h15H,3-8H2,1-2H3. The van der Waals surface area contributed by atoms with Crippen LogP contribution < -0.4 is 5.32 Å². The first-order chi connectivity index (χ1) is 9.20. The maximum atomic E-state index is 11.9. The van der Waals surface area contributed by atoms with E-state index in [1.165, 1.54) is 9.80 Å². The van der Waals surface area contributed by atoms with Crippen LogP contribution in [0, 0.1) is 0 Å². The summed E-state index contributed by atoms with van der Waals surface area (Å²) in [4.78, 5) is 27.9. The van der Waals surface area contributed by atoms with Crippen LogP contribution in [-0.4, -0.2) is 86.2 Å². The Labute approximate surface area is 115 Å². The van der Waals surface area contributed by atoms with Crippen molar-refractivity contribution in [1.29, 1.82) is 0 Å². The van der Waals surface area contributed by atoms with E-state index in [1.54, 1.807) is 19.0 Å². The summed E-state index contributed by atoms with van der Waals surface area (Å²) in [5.41, 5.74) is 0. The molecule has 0 bridgehead atoms. The number of urea groups is 1. The minimum absolute atomic E-state index is 0.132. The van der Waals surface area contributed by atoms with Crippen LogP contribution in [0.15, 0.2) is 0 Å². The molecule has 0 aromatic carbocycles. The molecule has 1 fully saturated rings. The first kappa shape index (κ1) is 16.5. The molecule has 9 heteroatoms. The maximum Gasteiger partial charge on any atom is 0.401 e. The summed E-state index contributed by atoms with van der Waals surface area (Å²) in [6.07, 6.45) is -4.32. The highest BCUT2D eigenvalue weighted by atomic mass is 19.4. The van der Waals surface area contributed by atoms with E-state index in [0.29, 0.717) is 26.2 Å². The molecule has 1 N–H and O–H groups in total. The van der Waals surface area contributed by atoms with Crippen LogP contribution >= 0.6 is 0 Å². The van der Waals surface area contributed by atoms with E-state index < -0.39 is 12.7 Å². The van der Waals surface area contributed by atoms with Gasteiger partial charge in [-0.15, -0.1) is 0 Å². The monoisotopic (exact) mass is 296 g/mol. The van der Waals surface area contributed by atoms with E-state index in [-0.39, 0.29) is 18.5 Å². The molecule has 0 radical (unpaired) electrons. The van der Waals surface area contributed by atoms with Crippen molar-refractivity contribution in [1.82, 2.24) is 20.0 Å². The molecule has 1 rings (SSSR count). The number of carbonyl (C=O) groups is 2. The molecule has 1 aliphatic rings. The lowest BCUT2D eigenvalue weighted by atomic mass is 10.3. The van der Waals surface area contributed by atoms with Gasteiger partial charge in [-0.1, -0.05) is 0 Å². The van der Waals surface area contributed by atoms with Gasteiger partial charge < -0.3 is 20.0 Å². The van der Waals surface area contributed by atoms with Crippen molar-refractivity contribution in [2.45, 2.75) is 6.18 Å². The second kappa shape index (κ2) is 6.78. The zero-order valence-electron chi connectivity index (χ0n) is 11.5. The molecule has 0 aromatic rings. The average Bonchev–Trinajstić information content (AvgIpc) is 2.36. The summed E-state index contributed by atoms with van der Waals surface area (Å²) in [6.45, 7) is -0.0682. The lowest BCUT2D eigenvalue weighted by Crippen LogP contribution is -2.54. The van der Waals surface area contributed by atoms with E-state index >= 15 is 0 Å². The molecule has 6 nitrogen and oxygen atoms in total. The predicted molar refractivity (Wildman–Crippen MR) is 66.2 cm³/mol. The van der Waals surface area contributed by atoms with E-state index in [9.17, 15) is 22.8 Å². The summed E-state index contributed by atoms with van der Waals surface area (Å²) in [5, 5.41) is 2.07. The van der Waals surface area contributed by atoms with Crippen LogP contribution in [0.25, 0.3) is 0 Å². The number of nitrogens with one attached hydrogen (secondary N) is 1. The third-order valence-electron chi connectivity index (χ3n) is 2.89. The van der Waals surface area contributed by atoms with Crippen LogP contribution in [0.3, 0.4) is 0 Å². The summed E-state index contributed by atoms with van der Waals surface area (Å²) in [6, 6.07) is -0.132. The Kier molecular flexibility index (Phi) is 5.61. The summed E-state index contributed by atoms with van der Waals surface area (Å²) < 4.78 is 35.8. The van der Waals surface area contributed by atoms with E-state index in [0.717, 1.165) is 0 Å². The molecular weight excluding hydrogens is 277 g/mol. The minimum Gasteiger partial charge on any atom is -0.338 e. The molecular formula is C11H19F3N4O2. The number of piperazine rings is 1. The van der Waals surface area contributed by atoms with Crippen LogP contribution in [0.4, 0.5) is 18.0 Å². The second-order valence-corrected chi connectivity index (χ2v) is 4.76. The fourth-order valence-electron chi connectivity index (χ4n) is 1.85. The number of amides is 3. The van der Waals surface area contributed by atoms with Crippen molar-refractivity contribution in [3.63, 3.8) is 0 Å². The Hall–Kier alpha value is -1.51. The molecule has 116 valence electrons. The fourth-order valence-corrected chi connectivity index (χ4v) is 1.85. The van der Waals surface area contributed by atoms with E-state index in [4.69, 9.17) is 0 Å². The number of halogens is 3. The van der Waals surface area contributed by atoms with Gasteiger partial charge in [0.05, 0.1) is 13.1 Å². The molecule has 1 saturated heterocycles. The number of hydrogen-bond acceptors (Lipinski definition) is 3. The predicted octanol–water partition coefficient (Wildman–Crippen LogP) is -0.0359. The quantitative estimate of drug-likeness (QED) is 0.795. The van der Waals surface area contributed by atoms with Crippen molar-refractivity contribution in [2.24, 2.45) is 0 Å². The second-order valence-electron chi connectivity index (χ2n) is 4.76. The minimum atomic E-state index is -4.32. The summed E-state index contributed by atoms with van der Waals surface area (Å²) >= 11 is 0. The molecule has 0 spiro atoms. The molecule has 3 amide bonds. The van der Waals surface area contributed by atoms with Gasteiger partial charge in [-0.3, -0.25) is 4.79 Å². The number of carbonyl (C=O) groups excluding carboxylic acids is 2. The zero-order valence-corrected chi connectivity index (χ0v) is 11.5. The van der Waals surface area contributed by atoms with Gasteiger partial charge >= 0.3 is 12.2 Å². The van der Waals surface area contributed by atoms with E-state index in [1.807, 2.05) is 0 Å². The summed E-state index contributed by atoms with van der Waals surface area (Å²) in [7, 11) is 3.28. The van der Waals surface area contributed by atoms with Crippen molar-refractivity contribution >= 4 is 11.9 Å². The van der Waals surface area contributed by atoms with Crippen LogP contribution in [0.5, 0.6) is 0 Å². The number of nitrogens with zero attached hydrogens (tertiary/aromatic N) is 3. The largest absolute Gasteiger partial charge is 0.401 e. The molecule has 0 aliphatic carbocycles. The van der Waals surface area contributed by atoms with Crippen molar-refractivity contribution in [3.8, 4) is 0 Å².